The van der Waals surface area contributed by atoms with E-state index in [-0.39, 0.29) is 0 Å². The number of aliphatic hydroxyl groups is 2. The molecule has 2 N–H and O–H groups in total. The van der Waals surface area contributed by atoms with Gasteiger partial charge in [0.1, 0.15) is 0 Å². The topological polar surface area (TPSA) is 40.5 Å². The summed E-state index contributed by atoms with van der Waals surface area (Å²) in [6.45, 7) is 2.31. The number of hydrogen-bond acceptors (Lipinski definition) is 2. The smallest absolute Gasteiger partial charge is 0.151 e. The van der Waals surface area contributed by atoms with Crippen molar-refractivity contribution >= 4 is 0 Å². The van der Waals surface area contributed by atoms with Gasteiger partial charge in [0.05, 0.1) is 0 Å². The first-order valence-electron chi connectivity index (χ1n) is 20.1. The molecule has 0 aromatic carbocycles. The van der Waals surface area contributed by atoms with Crippen LogP contribution in [-0.4, -0.2) is 16.5 Å². The molecule has 42 heavy (non-hydrogen) atoms. The highest BCUT2D eigenvalue weighted by molar-refractivity contribution is 4.53. The van der Waals surface area contributed by atoms with E-state index in [2.05, 4.69) is 6.92 Å². The molecule has 0 aliphatic rings. The van der Waals surface area contributed by atoms with Gasteiger partial charge in [0.25, 0.3) is 0 Å². The summed E-state index contributed by atoms with van der Waals surface area (Å²) in [7, 11) is 0. The molecule has 0 aromatic rings. The molecule has 2 nitrogen and oxygen atoms in total. The molecule has 0 bridgehead atoms. The van der Waals surface area contributed by atoms with Gasteiger partial charge in [0.15, 0.2) is 6.29 Å². The Balaban J connectivity index is 3.03. The molecule has 0 rings (SSSR count). The second-order valence-electron chi connectivity index (χ2n) is 14.0. The van der Waals surface area contributed by atoms with Crippen molar-refractivity contribution in [2.75, 3.05) is 0 Å². The maximum absolute atomic E-state index is 8.84. The Labute approximate surface area is 267 Å². The second-order valence-corrected chi connectivity index (χ2v) is 14.0. The van der Waals surface area contributed by atoms with E-state index in [9.17, 15) is 0 Å². The van der Waals surface area contributed by atoms with Crippen molar-refractivity contribution in [1.29, 1.82) is 0 Å². The molecule has 0 aliphatic carbocycles. The summed E-state index contributed by atoms with van der Waals surface area (Å²) in [4.78, 5) is 0. The third-order valence-electron chi connectivity index (χ3n) is 9.57. The molecule has 2 heteroatoms. The van der Waals surface area contributed by atoms with E-state index < -0.39 is 6.29 Å². The third-order valence-corrected chi connectivity index (χ3v) is 9.57. The number of unbranched alkanes of at least 4 members (excludes halogenated alkanes) is 36. The van der Waals surface area contributed by atoms with Gasteiger partial charge in [-0.05, 0) is 12.8 Å². The van der Waals surface area contributed by atoms with Crippen LogP contribution in [-0.2, 0) is 0 Å². The van der Waals surface area contributed by atoms with E-state index in [1.807, 2.05) is 0 Å². The highest BCUT2D eigenvalue weighted by atomic mass is 16.5. The molecule has 0 heterocycles. The lowest BCUT2D eigenvalue weighted by Crippen LogP contribution is -2.02. The average molecular weight is 595 g/mol. The Kier molecular flexibility index (Phi) is 38.9. The highest BCUT2D eigenvalue weighted by Gasteiger charge is 1.99. The molecular weight excluding hydrogens is 512 g/mol. The van der Waals surface area contributed by atoms with Crippen molar-refractivity contribution in [3.8, 4) is 0 Å². The molecule has 0 saturated heterocycles. The van der Waals surface area contributed by atoms with E-state index in [1.54, 1.807) is 0 Å². The highest BCUT2D eigenvalue weighted by Crippen LogP contribution is 2.17. The minimum Gasteiger partial charge on any atom is -0.368 e. The molecular formula is C40H82O2. The summed E-state index contributed by atoms with van der Waals surface area (Å²) in [6, 6.07) is 0. The van der Waals surface area contributed by atoms with Crippen LogP contribution in [0.2, 0.25) is 0 Å². The van der Waals surface area contributed by atoms with Gasteiger partial charge in [-0.25, -0.2) is 0 Å². The summed E-state index contributed by atoms with van der Waals surface area (Å²) in [5.41, 5.74) is 0. The molecule has 0 aliphatic heterocycles. The summed E-state index contributed by atoms with van der Waals surface area (Å²) in [5.74, 6) is 0. The molecule has 0 unspecified atom stereocenters. The normalized spacial score (nSPS) is 11.7. The Bertz CT molecular complexity index is 449. The van der Waals surface area contributed by atoms with E-state index in [1.165, 1.54) is 225 Å². The van der Waals surface area contributed by atoms with Crippen LogP contribution in [0.15, 0.2) is 0 Å². The van der Waals surface area contributed by atoms with Crippen LogP contribution in [0.3, 0.4) is 0 Å². The summed E-state index contributed by atoms with van der Waals surface area (Å²) >= 11 is 0. The molecule has 0 atom stereocenters. The first kappa shape index (κ1) is 41.9. The Morgan fingerprint density at radius 2 is 0.381 bits per heavy atom. The van der Waals surface area contributed by atoms with Crippen molar-refractivity contribution in [2.24, 2.45) is 0 Å². The molecule has 254 valence electrons. The van der Waals surface area contributed by atoms with Crippen LogP contribution in [0.4, 0.5) is 0 Å². The Morgan fingerprint density at radius 3 is 0.524 bits per heavy atom. The molecule has 0 fully saturated rings. The van der Waals surface area contributed by atoms with E-state index in [0.29, 0.717) is 6.42 Å². The Hall–Kier alpha value is -0.0800. The lowest BCUT2D eigenvalue weighted by molar-refractivity contribution is -0.0466. The molecule has 0 spiro atoms. The molecule has 0 saturated carbocycles. The predicted molar refractivity (Wildman–Crippen MR) is 189 cm³/mol. The van der Waals surface area contributed by atoms with Crippen molar-refractivity contribution in [3.05, 3.63) is 0 Å². The van der Waals surface area contributed by atoms with Gasteiger partial charge in [-0.2, -0.15) is 0 Å². The van der Waals surface area contributed by atoms with E-state index in [0.717, 1.165) is 12.8 Å². The third kappa shape index (κ3) is 39.9. The maximum atomic E-state index is 8.84. The molecule has 0 aromatic heterocycles. The van der Waals surface area contributed by atoms with Crippen LogP contribution in [0.5, 0.6) is 0 Å². The summed E-state index contributed by atoms with van der Waals surface area (Å²) in [5, 5.41) is 17.7. The largest absolute Gasteiger partial charge is 0.368 e. The summed E-state index contributed by atoms with van der Waals surface area (Å²) in [6.07, 6.45) is 52.4. The van der Waals surface area contributed by atoms with Gasteiger partial charge in [0.2, 0.25) is 0 Å². The minimum atomic E-state index is -1.10. The lowest BCUT2D eigenvalue weighted by atomic mass is 10.0. The predicted octanol–water partition coefficient (Wildman–Crippen LogP) is 14.1. The zero-order valence-corrected chi connectivity index (χ0v) is 29.3. The fourth-order valence-electron chi connectivity index (χ4n) is 6.59. The van der Waals surface area contributed by atoms with E-state index in [4.69, 9.17) is 10.2 Å². The van der Waals surface area contributed by atoms with Crippen molar-refractivity contribution in [1.82, 2.24) is 0 Å². The van der Waals surface area contributed by atoms with Crippen LogP contribution < -0.4 is 0 Å². The van der Waals surface area contributed by atoms with Gasteiger partial charge in [-0.1, -0.05) is 238 Å². The quantitative estimate of drug-likeness (QED) is 0.0551. The van der Waals surface area contributed by atoms with Gasteiger partial charge in [-0.3, -0.25) is 0 Å². The van der Waals surface area contributed by atoms with Crippen molar-refractivity contribution < 1.29 is 10.2 Å². The SMILES string of the molecule is CCCCCCCCCCCCCCCCCCCCCCCCCCCCCCCCCCCCCCCC(O)O. The number of hydrogen-bond donors (Lipinski definition) is 2. The van der Waals surface area contributed by atoms with Gasteiger partial charge < -0.3 is 10.2 Å². The first-order valence-corrected chi connectivity index (χ1v) is 20.1. The lowest BCUT2D eigenvalue weighted by Gasteiger charge is -2.05. The second kappa shape index (κ2) is 38.9. The zero-order chi connectivity index (χ0) is 30.4. The molecule has 0 amide bonds. The van der Waals surface area contributed by atoms with Crippen molar-refractivity contribution in [2.45, 2.75) is 257 Å². The Morgan fingerprint density at radius 1 is 0.238 bits per heavy atom. The minimum absolute atomic E-state index is 0.541. The maximum Gasteiger partial charge on any atom is 0.151 e. The van der Waals surface area contributed by atoms with Crippen LogP contribution in [0.25, 0.3) is 0 Å². The number of aliphatic hydroxyl groups excluding tert-OH is 1. The van der Waals surface area contributed by atoms with Gasteiger partial charge in [-0.15, -0.1) is 0 Å². The van der Waals surface area contributed by atoms with Gasteiger partial charge >= 0.3 is 0 Å². The standard InChI is InChI=1S/C40H82O2/c1-2-3-4-5-6-7-8-9-10-11-12-13-14-15-16-17-18-19-20-21-22-23-24-25-26-27-28-29-30-31-32-33-34-35-36-37-38-39-40(41)42/h40-42H,2-39H2,1H3. The van der Waals surface area contributed by atoms with Crippen LogP contribution in [0.1, 0.15) is 251 Å². The number of rotatable bonds is 38. The molecule has 0 radical (unpaired) electrons. The van der Waals surface area contributed by atoms with Crippen molar-refractivity contribution in [3.63, 3.8) is 0 Å². The summed E-state index contributed by atoms with van der Waals surface area (Å²) < 4.78 is 0. The first-order chi connectivity index (χ1) is 20.8. The zero-order valence-electron chi connectivity index (χ0n) is 29.3. The average Bonchev–Trinajstić information content (AvgIpc) is 2.98. The fourth-order valence-corrected chi connectivity index (χ4v) is 6.59. The van der Waals surface area contributed by atoms with E-state index >= 15 is 0 Å². The van der Waals surface area contributed by atoms with Crippen LogP contribution >= 0.6 is 0 Å². The monoisotopic (exact) mass is 595 g/mol. The fraction of sp³-hybridized carbons (Fsp3) is 1.00. The van der Waals surface area contributed by atoms with Gasteiger partial charge in [0, 0.05) is 0 Å². The van der Waals surface area contributed by atoms with Crippen LogP contribution in [0, 0.1) is 0 Å².